The fourth-order valence-electron chi connectivity index (χ4n) is 2.04. The van der Waals surface area contributed by atoms with E-state index in [9.17, 15) is 0 Å². The second-order valence-corrected chi connectivity index (χ2v) is 4.62. The molecule has 0 spiro atoms. The molecular weight excluding hydrogens is 220 g/mol. The number of hydrogen-bond acceptors (Lipinski definition) is 2. The van der Waals surface area contributed by atoms with Crippen LogP contribution in [-0.4, -0.2) is 0 Å². The van der Waals surface area contributed by atoms with Crippen LogP contribution in [0.3, 0.4) is 0 Å². The first-order valence-corrected chi connectivity index (χ1v) is 5.97. The topological polar surface area (TPSA) is 52.0 Å². The van der Waals surface area contributed by atoms with Crippen LogP contribution in [0.1, 0.15) is 25.0 Å². The standard InChI is InChI=1S/C16H18N2/c1-11(2)16(12-3-7-14(17)8-4-12)13-5-9-15(18)10-6-13/h3-10H,17-18H2,1-2H3. The molecule has 92 valence electrons. The molecule has 0 unspecified atom stereocenters. The van der Waals surface area contributed by atoms with E-state index in [0.717, 1.165) is 11.4 Å². The van der Waals surface area contributed by atoms with Gasteiger partial charge in [-0.25, -0.2) is 0 Å². The minimum atomic E-state index is 0.782. The van der Waals surface area contributed by atoms with Gasteiger partial charge >= 0.3 is 0 Å². The van der Waals surface area contributed by atoms with Gasteiger partial charge in [-0.2, -0.15) is 0 Å². The second kappa shape index (κ2) is 4.96. The molecule has 2 nitrogen and oxygen atoms in total. The van der Waals surface area contributed by atoms with Crippen LogP contribution in [-0.2, 0) is 0 Å². The Hall–Kier alpha value is -2.22. The van der Waals surface area contributed by atoms with Crippen molar-refractivity contribution in [2.45, 2.75) is 13.8 Å². The predicted molar refractivity (Wildman–Crippen MR) is 79.1 cm³/mol. The highest BCUT2D eigenvalue weighted by Gasteiger charge is 2.06. The van der Waals surface area contributed by atoms with Gasteiger partial charge in [-0.1, -0.05) is 29.8 Å². The van der Waals surface area contributed by atoms with Gasteiger partial charge in [0.1, 0.15) is 0 Å². The van der Waals surface area contributed by atoms with E-state index in [4.69, 9.17) is 11.5 Å². The van der Waals surface area contributed by atoms with E-state index >= 15 is 0 Å². The Balaban J connectivity index is 2.51. The molecule has 0 atom stereocenters. The fourth-order valence-corrected chi connectivity index (χ4v) is 2.04. The summed E-state index contributed by atoms with van der Waals surface area (Å²) in [6, 6.07) is 15.9. The van der Waals surface area contributed by atoms with E-state index in [0.29, 0.717) is 0 Å². The molecule has 2 heteroatoms. The summed E-state index contributed by atoms with van der Waals surface area (Å²) in [5.41, 5.74) is 17.9. The maximum absolute atomic E-state index is 5.73. The van der Waals surface area contributed by atoms with Gasteiger partial charge < -0.3 is 11.5 Å². The molecule has 0 saturated carbocycles. The van der Waals surface area contributed by atoms with E-state index in [-0.39, 0.29) is 0 Å². The Bertz CT molecular complexity index is 512. The normalized spacial score (nSPS) is 10.1. The summed E-state index contributed by atoms with van der Waals surface area (Å²) in [4.78, 5) is 0. The van der Waals surface area contributed by atoms with Gasteiger partial charge in [-0.15, -0.1) is 0 Å². The zero-order chi connectivity index (χ0) is 13.1. The molecule has 0 aromatic heterocycles. The largest absolute Gasteiger partial charge is 0.399 e. The summed E-state index contributed by atoms with van der Waals surface area (Å²) < 4.78 is 0. The number of nitrogens with two attached hydrogens (primary N) is 2. The van der Waals surface area contributed by atoms with Gasteiger partial charge in [0.2, 0.25) is 0 Å². The van der Waals surface area contributed by atoms with E-state index in [2.05, 4.69) is 13.8 Å². The van der Waals surface area contributed by atoms with E-state index in [1.54, 1.807) is 0 Å². The van der Waals surface area contributed by atoms with Crippen molar-refractivity contribution in [2.24, 2.45) is 0 Å². The zero-order valence-corrected chi connectivity index (χ0v) is 10.8. The Morgan fingerprint density at radius 3 is 1.28 bits per heavy atom. The lowest BCUT2D eigenvalue weighted by Gasteiger charge is -2.11. The van der Waals surface area contributed by atoms with Crippen LogP contribution in [0.5, 0.6) is 0 Å². The monoisotopic (exact) mass is 238 g/mol. The third kappa shape index (κ3) is 2.54. The van der Waals surface area contributed by atoms with Gasteiger partial charge in [-0.05, 0) is 54.8 Å². The number of rotatable bonds is 2. The van der Waals surface area contributed by atoms with Crippen molar-refractivity contribution in [2.75, 3.05) is 11.5 Å². The maximum atomic E-state index is 5.73. The van der Waals surface area contributed by atoms with Crippen molar-refractivity contribution in [1.29, 1.82) is 0 Å². The van der Waals surface area contributed by atoms with Crippen LogP contribution in [0.4, 0.5) is 11.4 Å². The highest BCUT2D eigenvalue weighted by molar-refractivity contribution is 5.82. The lowest BCUT2D eigenvalue weighted by Crippen LogP contribution is -1.93. The number of hydrogen-bond donors (Lipinski definition) is 2. The summed E-state index contributed by atoms with van der Waals surface area (Å²) in [6.07, 6.45) is 0. The number of allylic oxidation sites excluding steroid dienone is 1. The van der Waals surface area contributed by atoms with Crippen LogP contribution in [0.25, 0.3) is 5.57 Å². The third-order valence-corrected chi connectivity index (χ3v) is 2.90. The van der Waals surface area contributed by atoms with Crippen molar-refractivity contribution in [3.63, 3.8) is 0 Å². The van der Waals surface area contributed by atoms with Crippen LogP contribution in [0.2, 0.25) is 0 Å². The van der Waals surface area contributed by atoms with E-state index in [1.165, 1.54) is 22.3 Å². The SMILES string of the molecule is CC(C)=C(c1ccc(N)cc1)c1ccc(N)cc1. The van der Waals surface area contributed by atoms with Gasteiger partial charge in [0, 0.05) is 11.4 Å². The van der Waals surface area contributed by atoms with Crippen LogP contribution >= 0.6 is 0 Å². The summed E-state index contributed by atoms with van der Waals surface area (Å²) in [5, 5.41) is 0. The molecular formula is C16H18N2. The van der Waals surface area contributed by atoms with Crippen molar-refractivity contribution in [3.8, 4) is 0 Å². The molecule has 2 rings (SSSR count). The molecule has 0 radical (unpaired) electrons. The van der Waals surface area contributed by atoms with Gasteiger partial charge in [0.05, 0.1) is 0 Å². The van der Waals surface area contributed by atoms with Crippen LogP contribution in [0, 0.1) is 0 Å². The zero-order valence-electron chi connectivity index (χ0n) is 10.8. The predicted octanol–water partition coefficient (Wildman–Crippen LogP) is 3.69. The van der Waals surface area contributed by atoms with Gasteiger partial charge in [-0.3, -0.25) is 0 Å². The van der Waals surface area contributed by atoms with Crippen molar-refractivity contribution >= 4 is 16.9 Å². The summed E-state index contributed by atoms with van der Waals surface area (Å²) in [7, 11) is 0. The molecule has 0 saturated heterocycles. The lowest BCUT2D eigenvalue weighted by atomic mass is 9.94. The van der Waals surface area contributed by atoms with Crippen molar-refractivity contribution in [3.05, 3.63) is 65.2 Å². The third-order valence-electron chi connectivity index (χ3n) is 2.90. The maximum Gasteiger partial charge on any atom is 0.0314 e. The summed E-state index contributed by atoms with van der Waals surface area (Å²) in [6.45, 7) is 4.23. The van der Waals surface area contributed by atoms with Crippen LogP contribution in [0.15, 0.2) is 54.1 Å². The Morgan fingerprint density at radius 2 is 1.00 bits per heavy atom. The van der Waals surface area contributed by atoms with Crippen molar-refractivity contribution < 1.29 is 0 Å². The van der Waals surface area contributed by atoms with Crippen molar-refractivity contribution in [1.82, 2.24) is 0 Å². The first-order valence-electron chi connectivity index (χ1n) is 5.97. The molecule has 0 bridgehead atoms. The average Bonchev–Trinajstić information content (AvgIpc) is 2.34. The molecule has 0 heterocycles. The smallest absolute Gasteiger partial charge is 0.0314 e. The summed E-state index contributed by atoms with van der Waals surface area (Å²) in [5.74, 6) is 0. The highest BCUT2D eigenvalue weighted by Crippen LogP contribution is 2.27. The van der Waals surface area contributed by atoms with Crippen LogP contribution < -0.4 is 11.5 Å². The Labute approximate surface area is 108 Å². The average molecular weight is 238 g/mol. The number of benzene rings is 2. The first kappa shape index (κ1) is 12.2. The fraction of sp³-hybridized carbons (Fsp3) is 0.125. The minimum absolute atomic E-state index is 0.782. The Kier molecular flexibility index (Phi) is 3.38. The molecule has 0 aliphatic rings. The molecule has 4 N–H and O–H groups in total. The van der Waals surface area contributed by atoms with E-state index < -0.39 is 0 Å². The number of nitrogen functional groups attached to an aromatic ring is 2. The van der Waals surface area contributed by atoms with E-state index in [1.807, 2.05) is 48.5 Å². The quantitative estimate of drug-likeness (QED) is 0.784. The molecule has 0 aliphatic carbocycles. The molecule has 18 heavy (non-hydrogen) atoms. The molecule has 2 aromatic rings. The Morgan fingerprint density at radius 1 is 0.667 bits per heavy atom. The molecule has 0 aliphatic heterocycles. The van der Waals surface area contributed by atoms with Gasteiger partial charge in [0.15, 0.2) is 0 Å². The molecule has 0 fully saturated rings. The minimum Gasteiger partial charge on any atom is -0.399 e. The lowest BCUT2D eigenvalue weighted by molar-refractivity contribution is 1.37. The highest BCUT2D eigenvalue weighted by atomic mass is 14.5. The number of anilines is 2. The second-order valence-electron chi connectivity index (χ2n) is 4.62. The molecule has 0 amide bonds. The van der Waals surface area contributed by atoms with Gasteiger partial charge in [0.25, 0.3) is 0 Å². The first-order chi connectivity index (χ1) is 8.58. The molecule has 2 aromatic carbocycles. The summed E-state index contributed by atoms with van der Waals surface area (Å²) >= 11 is 0.